The summed E-state index contributed by atoms with van der Waals surface area (Å²) in [7, 11) is 3.36. The molecule has 164 valence electrons. The molecule has 2 rings (SSSR count). The molecule has 0 radical (unpaired) electrons. The smallest absolute Gasteiger partial charge is 0.269 e. The van der Waals surface area contributed by atoms with Gasteiger partial charge in [0.15, 0.2) is 0 Å². The lowest BCUT2D eigenvalue weighted by Gasteiger charge is -2.27. The number of nitrogens with two attached hydrogens (primary N) is 2. The molecular formula is C23H34BrN5O. The maximum Gasteiger partial charge on any atom is 0.269 e. The first-order valence-corrected chi connectivity index (χ1v) is 10.9. The molecule has 0 atom stereocenters. The highest BCUT2D eigenvalue weighted by molar-refractivity contribution is 9.12. The summed E-state index contributed by atoms with van der Waals surface area (Å²) in [4.78, 5) is 15.8. The highest BCUT2D eigenvalue weighted by Gasteiger charge is 2.16. The van der Waals surface area contributed by atoms with Gasteiger partial charge in [-0.15, -0.1) is 0 Å². The van der Waals surface area contributed by atoms with Gasteiger partial charge in [-0.2, -0.15) is 0 Å². The van der Waals surface area contributed by atoms with Gasteiger partial charge in [-0.1, -0.05) is 39.7 Å². The number of hydrogen-bond acceptors (Lipinski definition) is 5. The van der Waals surface area contributed by atoms with Gasteiger partial charge >= 0.3 is 0 Å². The van der Waals surface area contributed by atoms with Crippen LogP contribution < -0.4 is 16.8 Å². The molecule has 0 spiro atoms. The van der Waals surface area contributed by atoms with E-state index in [4.69, 9.17) is 11.5 Å². The van der Waals surface area contributed by atoms with Crippen molar-refractivity contribution in [1.82, 2.24) is 15.1 Å². The molecule has 0 bridgehead atoms. The molecule has 0 saturated carbocycles. The van der Waals surface area contributed by atoms with Crippen molar-refractivity contribution in [3.8, 4) is 0 Å². The molecule has 0 aromatic rings. The molecule has 0 aromatic carbocycles. The second kappa shape index (κ2) is 10.7. The maximum atomic E-state index is 11.9. The monoisotopic (exact) mass is 475 g/mol. The second-order valence-electron chi connectivity index (χ2n) is 8.07. The fourth-order valence-corrected chi connectivity index (χ4v) is 4.06. The Hall–Kier alpha value is -2.25. The number of nitrogens with zero attached hydrogens (tertiary/aromatic N) is 2. The van der Waals surface area contributed by atoms with Crippen LogP contribution in [-0.2, 0) is 4.79 Å². The fourth-order valence-electron chi connectivity index (χ4n) is 3.48. The van der Waals surface area contributed by atoms with Gasteiger partial charge in [-0.25, -0.2) is 0 Å². The summed E-state index contributed by atoms with van der Waals surface area (Å²) in [6.45, 7) is 9.72. The van der Waals surface area contributed by atoms with Gasteiger partial charge in [0, 0.05) is 61.7 Å². The van der Waals surface area contributed by atoms with E-state index in [9.17, 15) is 4.79 Å². The molecule has 30 heavy (non-hydrogen) atoms. The van der Waals surface area contributed by atoms with Gasteiger partial charge in [0.2, 0.25) is 0 Å². The van der Waals surface area contributed by atoms with E-state index in [2.05, 4.69) is 58.2 Å². The second-order valence-corrected chi connectivity index (χ2v) is 8.93. The van der Waals surface area contributed by atoms with Crippen LogP contribution in [0.1, 0.15) is 27.2 Å². The Balaban J connectivity index is 2.04. The summed E-state index contributed by atoms with van der Waals surface area (Å²) in [5.41, 5.74) is 18.8. The first-order chi connectivity index (χ1) is 14.1. The van der Waals surface area contributed by atoms with Crippen molar-refractivity contribution in [2.24, 2.45) is 11.5 Å². The molecular weight excluding hydrogens is 442 g/mol. The zero-order chi connectivity index (χ0) is 22.4. The normalized spacial score (nSPS) is 19.7. The molecule has 6 nitrogen and oxygen atoms in total. The van der Waals surface area contributed by atoms with Crippen LogP contribution in [0, 0.1) is 0 Å². The van der Waals surface area contributed by atoms with Crippen molar-refractivity contribution in [2.75, 3.05) is 40.3 Å². The number of dihydropyridines is 1. The Morgan fingerprint density at radius 3 is 2.57 bits per heavy atom. The minimum absolute atomic E-state index is 0.196. The summed E-state index contributed by atoms with van der Waals surface area (Å²) in [6.07, 6.45) is 9.11. The average molecular weight is 476 g/mol. The number of carbonyl (C=O) groups is 1. The number of halogens is 1. The summed E-state index contributed by atoms with van der Waals surface area (Å²) >= 11 is 3.66. The highest BCUT2D eigenvalue weighted by Crippen LogP contribution is 2.25. The van der Waals surface area contributed by atoms with Gasteiger partial charge in [-0.05, 0) is 44.4 Å². The van der Waals surface area contributed by atoms with E-state index in [1.165, 1.54) is 21.7 Å². The molecule has 7 heteroatoms. The lowest BCUT2D eigenvalue weighted by Crippen LogP contribution is -2.31. The largest absolute Gasteiger partial charge is 0.398 e. The predicted octanol–water partition coefficient (Wildman–Crippen LogP) is 2.88. The van der Waals surface area contributed by atoms with Crippen molar-refractivity contribution < 1.29 is 4.79 Å². The van der Waals surface area contributed by atoms with E-state index in [0.29, 0.717) is 5.70 Å². The van der Waals surface area contributed by atoms with Gasteiger partial charge in [0.25, 0.3) is 5.91 Å². The number of carbonyl (C=O) groups excluding carboxylic acids is 1. The van der Waals surface area contributed by atoms with Crippen molar-refractivity contribution >= 4 is 21.8 Å². The number of rotatable bonds is 6. The van der Waals surface area contributed by atoms with Crippen LogP contribution in [-0.4, -0.2) is 56.0 Å². The van der Waals surface area contributed by atoms with Gasteiger partial charge < -0.3 is 21.7 Å². The SMILES string of the molecule is CC1=C(/C=C(\C)CN2CC=C(/C(N)=C(C)/C=C(\N)C(=O)N(C)C)CC2)C(Br)=CCN1. The molecule has 5 N–H and O–H groups in total. The molecule has 2 aliphatic heterocycles. The third-order valence-electron chi connectivity index (χ3n) is 5.26. The topological polar surface area (TPSA) is 87.6 Å². The molecule has 1 amide bonds. The average Bonchev–Trinajstić information content (AvgIpc) is 2.70. The first kappa shape index (κ1) is 24.0. The molecule has 0 unspecified atom stereocenters. The van der Waals surface area contributed by atoms with Gasteiger partial charge in [0.05, 0.1) is 5.70 Å². The van der Waals surface area contributed by atoms with Gasteiger partial charge in [-0.3, -0.25) is 9.69 Å². The summed E-state index contributed by atoms with van der Waals surface area (Å²) in [5, 5.41) is 3.38. The minimum Gasteiger partial charge on any atom is -0.398 e. The Labute approximate surface area is 188 Å². The fraction of sp³-hybridized carbons (Fsp3) is 0.435. The van der Waals surface area contributed by atoms with Crippen molar-refractivity contribution in [3.05, 3.63) is 68.2 Å². The molecule has 0 aromatic heterocycles. The predicted molar refractivity (Wildman–Crippen MR) is 128 cm³/mol. The number of nitrogens with one attached hydrogen (secondary N) is 1. The van der Waals surface area contributed by atoms with E-state index in [-0.39, 0.29) is 11.6 Å². The quantitative estimate of drug-likeness (QED) is 0.406. The van der Waals surface area contributed by atoms with Crippen molar-refractivity contribution in [1.29, 1.82) is 0 Å². The molecule has 2 heterocycles. The number of hydrogen-bond donors (Lipinski definition) is 3. The molecule has 2 aliphatic rings. The number of allylic oxidation sites excluding steroid dienone is 7. The lowest BCUT2D eigenvalue weighted by atomic mass is 10.00. The van der Waals surface area contributed by atoms with Crippen molar-refractivity contribution in [3.63, 3.8) is 0 Å². The van der Waals surface area contributed by atoms with Crippen LogP contribution in [0.5, 0.6) is 0 Å². The molecule has 0 aliphatic carbocycles. The van der Waals surface area contributed by atoms with E-state index in [0.717, 1.165) is 48.2 Å². The van der Waals surface area contributed by atoms with Crippen LogP contribution in [0.15, 0.2) is 68.2 Å². The van der Waals surface area contributed by atoms with E-state index < -0.39 is 0 Å². The molecule has 0 fully saturated rings. The zero-order valence-electron chi connectivity index (χ0n) is 18.7. The summed E-state index contributed by atoms with van der Waals surface area (Å²) < 4.78 is 1.15. The minimum atomic E-state index is -0.215. The standard InChI is InChI=1S/C23H34BrN5O/c1-15(12-19-17(3)27-9-6-20(19)24)14-29-10-7-18(8-11-29)22(26)16(2)13-21(25)23(30)28(4)5/h6-7,12-13,27H,8-11,14,25-26H2,1-5H3/b15-12+,21-13-,22-16-. The number of amides is 1. The first-order valence-electron chi connectivity index (χ1n) is 10.1. The Morgan fingerprint density at radius 2 is 2.00 bits per heavy atom. The summed E-state index contributed by atoms with van der Waals surface area (Å²) in [6, 6.07) is 0. The van der Waals surface area contributed by atoms with Crippen LogP contribution >= 0.6 is 15.9 Å². The van der Waals surface area contributed by atoms with E-state index in [1.54, 1.807) is 20.2 Å². The van der Waals surface area contributed by atoms with E-state index >= 15 is 0 Å². The van der Waals surface area contributed by atoms with E-state index in [1.807, 2.05) is 6.92 Å². The number of likely N-dealkylation sites (N-methyl/N-ethyl adjacent to an activating group) is 1. The lowest BCUT2D eigenvalue weighted by molar-refractivity contribution is -0.124. The third-order valence-corrected chi connectivity index (χ3v) is 6.01. The third kappa shape index (κ3) is 6.37. The summed E-state index contributed by atoms with van der Waals surface area (Å²) in [5.74, 6) is -0.215. The maximum absolute atomic E-state index is 11.9. The van der Waals surface area contributed by atoms with Crippen LogP contribution in [0.3, 0.4) is 0 Å². The van der Waals surface area contributed by atoms with Crippen LogP contribution in [0.4, 0.5) is 0 Å². The van der Waals surface area contributed by atoms with Crippen LogP contribution in [0.25, 0.3) is 0 Å². The Bertz CT molecular complexity index is 874. The van der Waals surface area contributed by atoms with Crippen LogP contribution in [0.2, 0.25) is 0 Å². The molecule has 0 saturated heterocycles. The van der Waals surface area contributed by atoms with Crippen molar-refractivity contribution in [2.45, 2.75) is 27.2 Å². The highest BCUT2D eigenvalue weighted by atomic mass is 79.9. The Kier molecular flexibility index (Phi) is 8.55. The Morgan fingerprint density at radius 1 is 1.30 bits per heavy atom. The van der Waals surface area contributed by atoms with Gasteiger partial charge in [0.1, 0.15) is 0 Å². The zero-order valence-corrected chi connectivity index (χ0v) is 20.3.